The SMILES string of the molecule is O=C1C(CCC(O)c2ccc(F)cc2)C(c2ccc(OCc3ccc(C[N+]45CCN(CC4)CC5)cc3)cc2O)N1c1ccc(F)cc1.[Br-]. The van der Waals surface area contributed by atoms with E-state index in [4.69, 9.17) is 4.74 Å². The van der Waals surface area contributed by atoms with E-state index in [1.807, 2.05) is 0 Å². The van der Waals surface area contributed by atoms with Crippen LogP contribution in [0.5, 0.6) is 11.5 Å². The van der Waals surface area contributed by atoms with Gasteiger partial charge in [-0.2, -0.15) is 0 Å². The van der Waals surface area contributed by atoms with Crippen LogP contribution in [0.1, 0.15) is 47.2 Å². The number of quaternary nitrogens is 1. The number of β-lactam (4-membered cyclic amide) rings is 1. The Morgan fingerprint density at radius 3 is 2.06 bits per heavy atom. The fourth-order valence-electron chi connectivity index (χ4n) is 7.39. The highest BCUT2D eigenvalue weighted by Crippen LogP contribution is 2.49. The first-order chi connectivity index (χ1) is 22.8. The molecule has 10 heteroatoms. The molecule has 0 spiro atoms. The molecule has 4 saturated heterocycles. The number of piperazine rings is 3. The van der Waals surface area contributed by atoms with Gasteiger partial charge < -0.3 is 41.3 Å². The molecule has 0 saturated carbocycles. The lowest BCUT2D eigenvalue weighted by Crippen LogP contribution is -3.00. The Morgan fingerprint density at radius 2 is 1.44 bits per heavy atom. The summed E-state index contributed by atoms with van der Waals surface area (Å²) >= 11 is 0. The van der Waals surface area contributed by atoms with E-state index in [2.05, 4.69) is 29.2 Å². The molecule has 4 heterocycles. The maximum atomic E-state index is 13.7. The first-order valence-electron chi connectivity index (χ1n) is 16.4. The van der Waals surface area contributed by atoms with Crippen molar-refractivity contribution in [1.82, 2.24) is 4.90 Å². The Morgan fingerprint density at radius 1 is 0.833 bits per heavy atom. The number of carbonyl (C=O) groups excluding carboxylic acids is 1. The second kappa shape index (κ2) is 14.3. The number of benzene rings is 4. The monoisotopic (exact) mass is 719 g/mol. The third-order valence-corrected chi connectivity index (χ3v) is 10.3. The molecule has 0 aromatic heterocycles. The zero-order valence-corrected chi connectivity index (χ0v) is 28.2. The smallest absolute Gasteiger partial charge is 0.233 e. The van der Waals surface area contributed by atoms with E-state index in [1.54, 1.807) is 35.2 Å². The molecule has 4 aromatic rings. The molecule has 252 valence electrons. The van der Waals surface area contributed by atoms with Crippen molar-refractivity contribution in [3.05, 3.63) is 125 Å². The van der Waals surface area contributed by atoms with Crippen molar-refractivity contribution in [2.24, 2.45) is 5.92 Å². The topological polar surface area (TPSA) is 73.2 Å². The average molecular weight is 721 g/mol. The molecule has 4 aromatic carbocycles. The molecule has 3 atom stereocenters. The molecule has 0 aliphatic carbocycles. The van der Waals surface area contributed by atoms with Gasteiger partial charge in [-0.25, -0.2) is 8.78 Å². The van der Waals surface area contributed by atoms with Crippen molar-refractivity contribution in [3.8, 4) is 11.5 Å². The minimum absolute atomic E-state index is 0. The van der Waals surface area contributed by atoms with Gasteiger partial charge in [0.1, 0.15) is 36.3 Å². The molecule has 2 bridgehead atoms. The number of anilines is 1. The highest BCUT2D eigenvalue weighted by molar-refractivity contribution is 6.03. The normalized spacial score (nSPS) is 23.7. The summed E-state index contributed by atoms with van der Waals surface area (Å²) in [6.45, 7) is 8.66. The van der Waals surface area contributed by atoms with Gasteiger partial charge in [-0.3, -0.25) is 9.69 Å². The van der Waals surface area contributed by atoms with Crippen LogP contribution in [0.4, 0.5) is 14.5 Å². The van der Waals surface area contributed by atoms with Gasteiger partial charge in [-0.1, -0.05) is 36.4 Å². The summed E-state index contributed by atoms with van der Waals surface area (Å²) in [7, 11) is 0. The minimum Gasteiger partial charge on any atom is -1.00 e. The quantitative estimate of drug-likeness (QED) is 0.184. The lowest BCUT2D eigenvalue weighted by molar-refractivity contribution is -0.953. The maximum Gasteiger partial charge on any atom is 0.233 e. The van der Waals surface area contributed by atoms with Crippen LogP contribution in [-0.4, -0.2) is 64.8 Å². The molecule has 4 aliphatic rings. The van der Waals surface area contributed by atoms with Crippen LogP contribution in [0.3, 0.4) is 0 Å². The first kappa shape index (κ1) is 34.0. The van der Waals surface area contributed by atoms with Gasteiger partial charge >= 0.3 is 0 Å². The second-order valence-corrected chi connectivity index (χ2v) is 13.2. The molecule has 48 heavy (non-hydrogen) atoms. The van der Waals surface area contributed by atoms with Gasteiger partial charge in [0.25, 0.3) is 0 Å². The van der Waals surface area contributed by atoms with Crippen LogP contribution in [0.25, 0.3) is 0 Å². The number of ether oxygens (including phenoxy) is 1. The fourth-order valence-corrected chi connectivity index (χ4v) is 7.39. The summed E-state index contributed by atoms with van der Waals surface area (Å²) in [5.74, 6) is -1.01. The van der Waals surface area contributed by atoms with Crippen LogP contribution >= 0.6 is 0 Å². The number of hydrogen-bond acceptors (Lipinski definition) is 5. The maximum absolute atomic E-state index is 13.7. The third kappa shape index (κ3) is 7.12. The second-order valence-electron chi connectivity index (χ2n) is 13.2. The highest BCUT2D eigenvalue weighted by atomic mass is 79.9. The van der Waals surface area contributed by atoms with E-state index < -0.39 is 23.9 Å². The molecule has 7 nitrogen and oxygen atoms in total. The zero-order valence-electron chi connectivity index (χ0n) is 26.6. The fraction of sp³-hybridized carbons (Fsp3) is 0.342. The average Bonchev–Trinajstić information content (AvgIpc) is 3.09. The van der Waals surface area contributed by atoms with E-state index in [9.17, 15) is 23.8 Å². The predicted octanol–water partition coefficient (Wildman–Crippen LogP) is 3.12. The van der Waals surface area contributed by atoms with Crippen molar-refractivity contribution in [1.29, 1.82) is 0 Å². The van der Waals surface area contributed by atoms with Crippen LogP contribution < -0.4 is 26.6 Å². The number of aliphatic hydroxyl groups excluding tert-OH is 1. The Kier molecular flexibility index (Phi) is 10.2. The Labute approximate surface area is 290 Å². The van der Waals surface area contributed by atoms with E-state index in [0.717, 1.165) is 12.1 Å². The number of amides is 1. The van der Waals surface area contributed by atoms with E-state index >= 15 is 0 Å². The number of halogens is 3. The molecule has 2 N–H and O–H groups in total. The van der Waals surface area contributed by atoms with Gasteiger partial charge in [-0.05, 0) is 72.5 Å². The number of phenols is 1. The number of hydrogen-bond donors (Lipinski definition) is 2. The first-order valence-corrected chi connectivity index (χ1v) is 16.4. The number of nitrogens with zero attached hydrogens (tertiary/aromatic N) is 3. The Hall–Kier alpha value is -3.83. The van der Waals surface area contributed by atoms with Gasteiger partial charge in [0.05, 0.1) is 37.7 Å². The van der Waals surface area contributed by atoms with Crippen molar-refractivity contribution >= 4 is 11.6 Å². The predicted molar refractivity (Wildman–Crippen MR) is 175 cm³/mol. The number of aliphatic hydroxyl groups is 1. The van der Waals surface area contributed by atoms with Crippen LogP contribution in [-0.2, 0) is 17.9 Å². The van der Waals surface area contributed by atoms with Crippen LogP contribution in [0.15, 0.2) is 91.0 Å². The number of fused-ring (bicyclic) bond motifs is 3. The Balaban J connectivity index is 0.00000401. The summed E-state index contributed by atoms with van der Waals surface area (Å²) in [6, 6.07) is 24.5. The Bertz CT molecular complexity index is 1700. The minimum atomic E-state index is -0.874. The standard InChI is InChI=1S/C38H39F2N3O4.BrH/c39-29-7-5-28(6-8-29)35(44)16-15-34-37(42(38(34)46)31-11-9-30(40)10-12-31)33-14-13-32(23-36(33)45)47-25-27-3-1-26(2-4-27)24-43-20-17-41(18-21-43)19-22-43;/h1-14,23,34-35,37,44H,15-22,24-25H2;1H. The molecule has 0 radical (unpaired) electrons. The van der Waals surface area contributed by atoms with Gasteiger partial charge in [0.15, 0.2) is 0 Å². The highest BCUT2D eigenvalue weighted by Gasteiger charge is 2.49. The van der Waals surface area contributed by atoms with E-state index in [0.29, 0.717) is 35.6 Å². The molecule has 4 fully saturated rings. The van der Waals surface area contributed by atoms with Crippen LogP contribution in [0, 0.1) is 17.6 Å². The molecular formula is C38H40BrF2N3O4. The van der Waals surface area contributed by atoms with Crippen LogP contribution in [0.2, 0.25) is 0 Å². The lowest BCUT2D eigenvalue weighted by atomic mass is 9.78. The third-order valence-electron chi connectivity index (χ3n) is 10.3. The summed E-state index contributed by atoms with van der Waals surface area (Å²) in [5.41, 5.74) is 4.00. The summed E-state index contributed by atoms with van der Waals surface area (Å²) in [4.78, 5) is 17.5. The number of carbonyl (C=O) groups is 1. The summed E-state index contributed by atoms with van der Waals surface area (Å²) < 4.78 is 34.3. The molecule has 4 aliphatic heterocycles. The van der Waals surface area contributed by atoms with Gasteiger partial charge in [0.2, 0.25) is 5.91 Å². The molecule has 1 amide bonds. The van der Waals surface area contributed by atoms with Crippen molar-refractivity contribution < 1.29 is 50.0 Å². The number of phenolic OH excluding ortho intramolecular Hbond substituents is 1. The van der Waals surface area contributed by atoms with Crippen molar-refractivity contribution in [3.63, 3.8) is 0 Å². The largest absolute Gasteiger partial charge is 1.00 e. The molecular weight excluding hydrogens is 680 g/mol. The molecule has 8 rings (SSSR count). The molecule has 3 unspecified atom stereocenters. The van der Waals surface area contributed by atoms with E-state index in [1.165, 1.54) is 85.7 Å². The van der Waals surface area contributed by atoms with Crippen molar-refractivity contribution in [2.75, 3.05) is 44.2 Å². The summed E-state index contributed by atoms with van der Waals surface area (Å²) in [5, 5.41) is 21.9. The van der Waals surface area contributed by atoms with E-state index in [-0.39, 0.29) is 40.9 Å². The van der Waals surface area contributed by atoms with Crippen molar-refractivity contribution in [2.45, 2.75) is 38.1 Å². The summed E-state index contributed by atoms with van der Waals surface area (Å²) in [6.07, 6.45) is -0.261. The number of rotatable bonds is 11. The van der Waals surface area contributed by atoms with Gasteiger partial charge in [-0.15, -0.1) is 0 Å². The zero-order chi connectivity index (χ0) is 32.5. The lowest BCUT2D eigenvalue weighted by Gasteiger charge is -2.50. The van der Waals surface area contributed by atoms with Gasteiger partial charge in [0, 0.05) is 42.5 Å². The number of aromatic hydroxyl groups is 1.